The van der Waals surface area contributed by atoms with E-state index in [0.717, 1.165) is 36.3 Å². The molecule has 1 fully saturated rings. The van der Waals surface area contributed by atoms with Gasteiger partial charge in [-0.3, -0.25) is 4.90 Å². The number of anilines is 1. The Morgan fingerprint density at radius 2 is 2.16 bits per heavy atom. The number of ether oxygens (including phenoxy) is 2. The quantitative estimate of drug-likeness (QED) is 0.500. The van der Waals surface area contributed by atoms with E-state index in [4.69, 9.17) is 14.0 Å². The summed E-state index contributed by atoms with van der Waals surface area (Å²) in [5, 5.41) is 17.6. The first-order chi connectivity index (χ1) is 15.2. The highest BCUT2D eigenvalue weighted by Gasteiger charge is 2.31. The van der Waals surface area contributed by atoms with Crippen LogP contribution in [-0.2, 0) is 11.3 Å². The lowest BCUT2D eigenvalue weighted by Gasteiger charge is -2.22. The van der Waals surface area contributed by atoms with Crippen molar-refractivity contribution < 1.29 is 19.1 Å². The van der Waals surface area contributed by atoms with Crippen molar-refractivity contribution in [1.82, 2.24) is 20.0 Å². The van der Waals surface area contributed by atoms with E-state index in [-0.39, 0.29) is 11.8 Å². The predicted molar refractivity (Wildman–Crippen MR) is 115 cm³/mol. The SMILES string of the molecule is COCCNc1ccc(-c2noc(C3CCCN3Cc3ccc(OC)cc3O)n2)cn1. The maximum atomic E-state index is 10.3. The van der Waals surface area contributed by atoms with Crippen molar-refractivity contribution in [3.8, 4) is 22.9 Å². The first-order valence-electron chi connectivity index (χ1n) is 10.3. The van der Waals surface area contributed by atoms with Crippen LogP contribution in [0.3, 0.4) is 0 Å². The number of hydrogen-bond acceptors (Lipinski definition) is 9. The van der Waals surface area contributed by atoms with Crippen molar-refractivity contribution in [2.45, 2.75) is 25.4 Å². The second-order valence-corrected chi connectivity index (χ2v) is 7.43. The highest BCUT2D eigenvalue weighted by atomic mass is 16.5. The zero-order valence-corrected chi connectivity index (χ0v) is 17.7. The van der Waals surface area contributed by atoms with Crippen LogP contribution in [0.15, 0.2) is 41.1 Å². The highest BCUT2D eigenvalue weighted by molar-refractivity contribution is 5.55. The lowest BCUT2D eigenvalue weighted by atomic mass is 10.1. The third-order valence-electron chi connectivity index (χ3n) is 5.39. The average molecular weight is 425 g/mol. The fourth-order valence-corrected chi connectivity index (χ4v) is 3.72. The first kappa shape index (κ1) is 21.1. The maximum absolute atomic E-state index is 10.3. The molecule has 31 heavy (non-hydrogen) atoms. The minimum absolute atomic E-state index is 0.0192. The van der Waals surface area contributed by atoms with Crippen LogP contribution >= 0.6 is 0 Å². The Morgan fingerprint density at radius 1 is 1.26 bits per heavy atom. The van der Waals surface area contributed by atoms with Gasteiger partial charge in [-0.15, -0.1) is 0 Å². The van der Waals surface area contributed by atoms with Crippen molar-refractivity contribution in [1.29, 1.82) is 0 Å². The molecule has 0 aliphatic carbocycles. The maximum Gasteiger partial charge on any atom is 0.244 e. The van der Waals surface area contributed by atoms with E-state index in [1.807, 2.05) is 24.3 Å². The summed E-state index contributed by atoms with van der Waals surface area (Å²) in [6, 6.07) is 9.19. The van der Waals surface area contributed by atoms with Gasteiger partial charge in [0.05, 0.1) is 19.8 Å². The van der Waals surface area contributed by atoms with Crippen LogP contribution < -0.4 is 10.1 Å². The molecule has 1 atom stereocenters. The summed E-state index contributed by atoms with van der Waals surface area (Å²) in [5.41, 5.74) is 1.64. The number of pyridine rings is 1. The third kappa shape index (κ3) is 4.95. The largest absolute Gasteiger partial charge is 0.507 e. The van der Waals surface area contributed by atoms with Gasteiger partial charge in [-0.2, -0.15) is 4.98 Å². The topological polar surface area (TPSA) is 106 Å². The summed E-state index contributed by atoms with van der Waals surface area (Å²) in [7, 11) is 3.25. The molecule has 3 aromatic rings. The molecule has 2 aromatic heterocycles. The molecule has 1 saturated heterocycles. The van der Waals surface area contributed by atoms with Crippen LogP contribution in [0.2, 0.25) is 0 Å². The summed E-state index contributed by atoms with van der Waals surface area (Å²) < 4.78 is 15.8. The number of likely N-dealkylation sites (tertiary alicyclic amines) is 1. The van der Waals surface area contributed by atoms with Gasteiger partial charge >= 0.3 is 0 Å². The van der Waals surface area contributed by atoms with E-state index in [0.29, 0.717) is 37.2 Å². The average Bonchev–Trinajstić information content (AvgIpc) is 3.45. The van der Waals surface area contributed by atoms with E-state index in [1.165, 1.54) is 0 Å². The fraction of sp³-hybridized carbons (Fsp3) is 0.409. The van der Waals surface area contributed by atoms with E-state index in [9.17, 15) is 5.11 Å². The van der Waals surface area contributed by atoms with Crippen LogP contribution in [0.4, 0.5) is 5.82 Å². The van der Waals surface area contributed by atoms with Gasteiger partial charge in [0.15, 0.2) is 0 Å². The number of rotatable bonds is 9. The van der Waals surface area contributed by atoms with Gasteiger partial charge in [0.1, 0.15) is 17.3 Å². The smallest absolute Gasteiger partial charge is 0.244 e. The molecule has 9 heteroatoms. The molecule has 4 rings (SSSR count). The molecular weight excluding hydrogens is 398 g/mol. The monoisotopic (exact) mass is 425 g/mol. The van der Waals surface area contributed by atoms with Gasteiger partial charge < -0.3 is 24.4 Å². The van der Waals surface area contributed by atoms with Crippen molar-refractivity contribution in [2.24, 2.45) is 0 Å². The zero-order valence-electron chi connectivity index (χ0n) is 17.7. The molecule has 9 nitrogen and oxygen atoms in total. The summed E-state index contributed by atoms with van der Waals surface area (Å²) in [5.74, 6) is 2.73. The van der Waals surface area contributed by atoms with Gasteiger partial charge in [0.25, 0.3) is 0 Å². The molecule has 2 N–H and O–H groups in total. The Bertz CT molecular complexity index is 992. The molecule has 0 amide bonds. The fourth-order valence-electron chi connectivity index (χ4n) is 3.72. The van der Waals surface area contributed by atoms with Gasteiger partial charge in [0, 0.05) is 43.6 Å². The van der Waals surface area contributed by atoms with Crippen molar-refractivity contribution in [3.05, 3.63) is 48.0 Å². The van der Waals surface area contributed by atoms with Crippen LogP contribution in [-0.4, -0.2) is 59.0 Å². The molecule has 0 bridgehead atoms. The number of methoxy groups -OCH3 is 2. The lowest BCUT2D eigenvalue weighted by molar-refractivity contribution is 0.199. The minimum Gasteiger partial charge on any atom is -0.507 e. The molecule has 1 aromatic carbocycles. The standard InChI is InChI=1S/C22H27N5O4/c1-29-11-9-23-20-8-6-15(13-24-20)21-25-22(31-26-21)18-4-3-10-27(18)14-16-5-7-17(30-2)12-19(16)28/h5-8,12-13,18,28H,3-4,9-11,14H2,1-2H3,(H,23,24). The molecule has 0 spiro atoms. The number of hydrogen-bond donors (Lipinski definition) is 2. The summed E-state index contributed by atoms with van der Waals surface area (Å²) >= 11 is 0. The number of aromatic nitrogens is 3. The summed E-state index contributed by atoms with van der Waals surface area (Å²) in [6.07, 6.45) is 3.69. The van der Waals surface area contributed by atoms with Gasteiger partial charge in [-0.25, -0.2) is 4.98 Å². The summed E-state index contributed by atoms with van der Waals surface area (Å²) in [6.45, 7) is 2.80. The molecular formula is C22H27N5O4. The third-order valence-corrected chi connectivity index (χ3v) is 5.39. The van der Waals surface area contributed by atoms with Gasteiger partial charge in [-0.05, 0) is 37.6 Å². The number of aromatic hydroxyl groups is 1. The van der Waals surface area contributed by atoms with Crippen molar-refractivity contribution in [3.63, 3.8) is 0 Å². The van der Waals surface area contributed by atoms with E-state index < -0.39 is 0 Å². The first-order valence-corrected chi connectivity index (χ1v) is 10.3. The summed E-state index contributed by atoms with van der Waals surface area (Å²) in [4.78, 5) is 11.3. The minimum atomic E-state index is 0.0192. The number of phenols is 1. The van der Waals surface area contributed by atoms with Crippen molar-refractivity contribution >= 4 is 5.82 Å². The van der Waals surface area contributed by atoms with Crippen LogP contribution in [0.5, 0.6) is 11.5 Å². The Kier molecular flexibility index (Phi) is 6.63. The molecule has 1 unspecified atom stereocenters. The Hall–Kier alpha value is -3.17. The number of nitrogens with zero attached hydrogens (tertiary/aromatic N) is 4. The predicted octanol–water partition coefficient (Wildman–Crippen LogP) is 3.24. The van der Waals surface area contributed by atoms with Gasteiger partial charge in [-0.1, -0.05) is 11.2 Å². The molecule has 1 aliphatic heterocycles. The van der Waals surface area contributed by atoms with E-state index in [1.54, 1.807) is 26.5 Å². The second-order valence-electron chi connectivity index (χ2n) is 7.43. The van der Waals surface area contributed by atoms with Crippen LogP contribution in [0, 0.1) is 0 Å². The lowest BCUT2D eigenvalue weighted by Crippen LogP contribution is -2.23. The molecule has 0 saturated carbocycles. The zero-order chi connectivity index (χ0) is 21.6. The van der Waals surface area contributed by atoms with Crippen LogP contribution in [0.25, 0.3) is 11.4 Å². The van der Waals surface area contributed by atoms with Crippen molar-refractivity contribution in [2.75, 3.05) is 39.2 Å². The highest BCUT2D eigenvalue weighted by Crippen LogP contribution is 2.35. The molecule has 164 valence electrons. The second kappa shape index (κ2) is 9.76. The van der Waals surface area contributed by atoms with Gasteiger partial charge in [0.2, 0.25) is 11.7 Å². The number of nitrogens with one attached hydrogen (secondary N) is 1. The number of benzene rings is 1. The normalized spacial score (nSPS) is 16.5. The van der Waals surface area contributed by atoms with E-state index in [2.05, 4.69) is 25.3 Å². The number of phenolic OH excluding ortho intramolecular Hbond substituents is 1. The van der Waals surface area contributed by atoms with E-state index >= 15 is 0 Å². The molecule has 0 radical (unpaired) electrons. The van der Waals surface area contributed by atoms with Crippen LogP contribution in [0.1, 0.15) is 30.3 Å². The molecule has 3 heterocycles. The molecule has 1 aliphatic rings. The Balaban J connectivity index is 1.44. The Morgan fingerprint density at radius 3 is 2.90 bits per heavy atom. The Labute approximate surface area is 181 Å².